The summed E-state index contributed by atoms with van der Waals surface area (Å²) in [5.74, 6) is -0.00215. The summed E-state index contributed by atoms with van der Waals surface area (Å²) in [7, 11) is 0. The Bertz CT molecular complexity index is 871. The van der Waals surface area contributed by atoms with Crippen LogP contribution < -0.4 is 10.2 Å². The Balaban J connectivity index is 1.41. The molecule has 2 saturated heterocycles. The van der Waals surface area contributed by atoms with E-state index in [9.17, 15) is 14.7 Å². The van der Waals surface area contributed by atoms with Crippen LogP contribution in [0.25, 0.3) is 0 Å². The van der Waals surface area contributed by atoms with Crippen molar-refractivity contribution in [2.24, 2.45) is 11.3 Å². The molecule has 33 heavy (non-hydrogen) atoms. The predicted molar refractivity (Wildman–Crippen MR) is 125 cm³/mol. The molecule has 2 N–H and O–H groups in total. The smallest absolute Gasteiger partial charge is 0.411 e. The van der Waals surface area contributed by atoms with Gasteiger partial charge in [0, 0.05) is 31.4 Å². The Hall–Kier alpha value is -2.35. The number of carbonyl (C=O) groups is 2. The summed E-state index contributed by atoms with van der Waals surface area (Å²) in [5.41, 5.74) is 0.347. The number of hydrogen-bond acceptors (Lipinski definition) is 5. The molecule has 1 aromatic rings. The van der Waals surface area contributed by atoms with E-state index in [2.05, 4.69) is 5.32 Å². The number of nitrogens with one attached hydrogen (secondary N) is 1. The van der Waals surface area contributed by atoms with Gasteiger partial charge in [0.2, 0.25) is 5.91 Å². The zero-order valence-electron chi connectivity index (χ0n) is 19.7. The van der Waals surface area contributed by atoms with Gasteiger partial charge in [-0.05, 0) is 69.1 Å². The third kappa shape index (κ3) is 5.26. The van der Waals surface area contributed by atoms with Crippen molar-refractivity contribution < 1.29 is 23.8 Å². The molecule has 2 heterocycles. The molecule has 4 rings (SSSR count). The normalized spacial score (nSPS) is 28.0. The van der Waals surface area contributed by atoms with Gasteiger partial charge in [-0.2, -0.15) is 0 Å². The van der Waals surface area contributed by atoms with E-state index in [4.69, 9.17) is 4.74 Å². The molecule has 1 saturated carbocycles. The number of aliphatic hydroxyl groups excluding tert-OH is 1. The van der Waals surface area contributed by atoms with Gasteiger partial charge in [-0.15, -0.1) is 0 Å². The first-order valence-electron chi connectivity index (χ1n) is 12.2. The highest BCUT2D eigenvalue weighted by atomic mass is 19.1. The average Bonchev–Trinajstić information content (AvgIpc) is 3.08. The molecule has 7 nitrogen and oxygen atoms in total. The van der Waals surface area contributed by atoms with Crippen LogP contribution in [0.1, 0.15) is 58.8 Å². The fourth-order valence-electron chi connectivity index (χ4n) is 5.52. The van der Waals surface area contributed by atoms with E-state index in [-0.39, 0.29) is 24.0 Å². The number of likely N-dealkylation sites (tertiary alicyclic amines) is 1. The highest BCUT2D eigenvalue weighted by Gasteiger charge is 2.50. The lowest BCUT2D eigenvalue weighted by Gasteiger charge is -2.41. The number of piperidine rings is 1. The van der Waals surface area contributed by atoms with Gasteiger partial charge >= 0.3 is 6.09 Å². The zero-order chi connectivity index (χ0) is 23.6. The van der Waals surface area contributed by atoms with E-state index >= 15 is 4.39 Å². The summed E-state index contributed by atoms with van der Waals surface area (Å²) in [6.45, 7) is 6.15. The molecule has 182 valence electrons. The van der Waals surface area contributed by atoms with Crippen LogP contribution in [0.3, 0.4) is 0 Å². The van der Waals surface area contributed by atoms with Crippen molar-refractivity contribution in [3.8, 4) is 0 Å². The number of benzene rings is 1. The molecule has 1 spiro atoms. The van der Waals surface area contributed by atoms with Gasteiger partial charge in [0.15, 0.2) is 0 Å². The monoisotopic (exact) mass is 461 g/mol. The summed E-state index contributed by atoms with van der Waals surface area (Å²) < 4.78 is 20.1. The van der Waals surface area contributed by atoms with Gasteiger partial charge < -0.3 is 19.6 Å². The first-order valence-corrected chi connectivity index (χ1v) is 12.2. The van der Waals surface area contributed by atoms with E-state index < -0.39 is 17.3 Å². The molecule has 8 heteroatoms. The first-order chi connectivity index (χ1) is 15.8. The second kappa shape index (κ2) is 9.87. The lowest BCUT2D eigenvalue weighted by molar-refractivity contribution is -0.139. The second-order valence-corrected chi connectivity index (χ2v) is 10.3. The van der Waals surface area contributed by atoms with Gasteiger partial charge in [0.05, 0.1) is 23.8 Å². The van der Waals surface area contributed by atoms with E-state index in [1.165, 1.54) is 6.07 Å². The molecule has 1 atom stereocenters. The maximum Gasteiger partial charge on any atom is 0.411 e. The van der Waals surface area contributed by atoms with Crippen molar-refractivity contribution in [1.29, 1.82) is 0 Å². The third-order valence-electron chi connectivity index (χ3n) is 7.31. The molecule has 3 fully saturated rings. The second-order valence-electron chi connectivity index (χ2n) is 10.3. The fourth-order valence-corrected chi connectivity index (χ4v) is 5.52. The Labute approximate surface area is 195 Å². The first kappa shape index (κ1) is 23.8. The third-order valence-corrected chi connectivity index (χ3v) is 7.31. The molecular weight excluding hydrogens is 425 g/mol. The van der Waals surface area contributed by atoms with Crippen molar-refractivity contribution in [3.05, 3.63) is 24.0 Å². The number of hydrogen-bond donors (Lipinski definition) is 2. The minimum Gasteiger partial charge on any atom is -0.449 e. The van der Waals surface area contributed by atoms with Crippen molar-refractivity contribution in [3.63, 3.8) is 0 Å². The maximum atomic E-state index is 15.0. The molecule has 1 aliphatic carbocycles. The molecule has 1 aromatic carbocycles. The quantitative estimate of drug-likeness (QED) is 0.688. The predicted octanol–water partition coefficient (Wildman–Crippen LogP) is 4.15. The Morgan fingerprint density at radius 3 is 2.70 bits per heavy atom. The number of amides is 2. The van der Waals surface area contributed by atoms with E-state index in [1.54, 1.807) is 12.1 Å². The number of carbonyl (C=O) groups excluding carboxylic acids is 2. The van der Waals surface area contributed by atoms with Crippen LogP contribution in [0.4, 0.5) is 20.6 Å². The SMILES string of the molecule is CC(C)COC(=O)Nc1ccc(N2CCC[C@@]3(CCN(C4CCC(O)CC4)C3=O)C2)c(F)c1. The summed E-state index contributed by atoms with van der Waals surface area (Å²) in [4.78, 5) is 29.4. The molecule has 0 radical (unpaired) electrons. The Morgan fingerprint density at radius 2 is 2.00 bits per heavy atom. The molecule has 0 bridgehead atoms. The maximum absolute atomic E-state index is 15.0. The highest BCUT2D eigenvalue weighted by molar-refractivity contribution is 5.87. The van der Waals surface area contributed by atoms with Gasteiger partial charge in [0.1, 0.15) is 5.82 Å². The summed E-state index contributed by atoms with van der Waals surface area (Å²) in [6.07, 6.45) is 4.85. The van der Waals surface area contributed by atoms with E-state index in [1.807, 2.05) is 23.6 Å². The minimum absolute atomic E-state index is 0.195. The average molecular weight is 462 g/mol. The number of rotatable bonds is 5. The highest BCUT2D eigenvalue weighted by Crippen LogP contribution is 2.43. The van der Waals surface area contributed by atoms with Crippen molar-refractivity contribution in [2.75, 3.05) is 36.5 Å². The summed E-state index contributed by atoms with van der Waals surface area (Å²) >= 11 is 0. The van der Waals surface area contributed by atoms with Crippen LogP contribution in [-0.2, 0) is 9.53 Å². The molecule has 2 aliphatic heterocycles. The zero-order valence-corrected chi connectivity index (χ0v) is 19.7. The van der Waals surface area contributed by atoms with Crippen LogP contribution in [0.2, 0.25) is 0 Å². The largest absolute Gasteiger partial charge is 0.449 e. The number of anilines is 2. The van der Waals surface area contributed by atoms with Gasteiger partial charge in [-0.3, -0.25) is 10.1 Å². The Morgan fingerprint density at radius 1 is 1.24 bits per heavy atom. The van der Waals surface area contributed by atoms with Crippen LogP contribution in [-0.4, -0.2) is 60.4 Å². The number of halogens is 1. The lowest BCUT2D eigenvalue weighted by atomic mass is 9.78. The summed E-state index contributed by atoms with van der Waals surface area (Å²) in [6, 6.07) is 4.87. The van der Waals surface area contributed by atoms with Crippen LogP contribution in [0, 0.1) is 17.2 Å². The molecular formula is C25H36FN3O4. The molecule has 3 aliphatic rings. The van der Waals surface area contributed by atoms with Gasteiger partial charge in [0.25, 0.3) is 0 Å². The standard InChI is InChI=1S/C25H36FN3O4/c1-17(2)15-33-24(32)27-18-4-9-22(21(26)14-18)28-12-3-10-25(16-28)11-13-29(23(25)31)19-5-7-20(30)8-6-19/h4,9,14,17,19-20,30H,3,5-8,10-13,15-16H2,1-2H3,(H,27,32)/t19?,20?,25-/m1/s1. The lowest BCUT2D eigenvalue weighted by Crippen LogP contribution is -2.50. The number of nitrogens with zero attached hydrogens (tertiary/aromatic N) is 2. The van der Waals surface area contributed by atoms with Crippen molar-refractivity contribution >= 4 is 23.4 Å². The van der Waals surface area contributed by atoms with Gasteiger partial charge in [-0.1, -0.05) is 13.8 Å². The van der Waals surface area contributed by atoms with E-state index in [0.29, 0.717) is 31.1 Å². The Kier molecular flexibility index (Phi) is 7.12. The number of ether oxygens (including phenoxy) is 1. The van der Waals surface area contributed by atoms with Crippen LogP contribution in [0.5, 0.6) is 0 Å². The minimum atomic E-state index is -0.598. The summed E-state index contributed by atoms with van der Waals surface area (Å²) in [5, 5.41) is 12.4. The molecule has 2 amide bonds. The van der Waals surface area contributed by atoms with Crippen molar-refractivity contribution in [2.45, 2.75) is 70.9 Å². The van der Waals surface area contributed by atoms with Crippen LogP contribution in [0.15, 0.2) is 18.2 Å². The molecule has 0 aromatic heterocycles. The van der Waals surface area contributed by atoms with E-state index in [0.717, 1.165) is 51.5 Å². The fraction of sp³-hybridized carbons (Fsp3) is 0.680. The topological polar surface area (TPSA) is 82.1 Å². The number of aliphatic hydroxyl groups is 1. The van der Waals surface area contributed by atoms with Gasteiger partial charge in [-0.25, -0.2) is 9.18 Å². The van der Waals surface area contributed by atoms with Crippen LogP contribution >= 0.6 is 0 Å². The van der Waals surface area contributed by atoms with Crippen molar-refractivity contribution in [1.82, 2.24) is 4.90 Å². The molecule has 0 unspecified atom stereocenters.